The molecule has 1 aromatic rings. The first-order chi connectivity index (χ1) is 8.75. The summed E-state index contributed by atoms with van der Waals surface area (Å²) in [4.78, 5) is 11.3. The Bertz CT molecular complexity index is 677. The Hall–Kier alpha value is -1.94. The normalized spacial score (nSPS) is 29.5. The van der Waals surface area contributed by atoms with Gasteiger partial charge in [-0.3, -0.25) is 4.79 Å². The van der Waals surface area contributed by atoms with Crippen LogP contribution in [-0.4, -0.2) is 31.0 Å². The molecule has 2 rings (SSSR count). The van der Waals surface area contributed by atoms with Gasteiger partial charge in [0.05, 0.1) is 6.07 Å². The van der Waals surface area contributed by atoms with Gasteiger partial charge in [-0.15, -0.1) is 0 Å². The van der Waals surface area contributed by atoms with Gasteiger partial charge in [0.1, 0.15) is 11.1 Å². The van der Waals surface area contributed by atoms with Gasteiger partial charge >= 0.3 is 5.97 Å². The van der Waals surface area contributed by atoms with Crippen LogP contribution in [0.25, 0.3) is 0 Å². The fourth-order valence-corrected chi connectivity index (χ4v) is 4.25. The minimum Gasteiger partial charge on any atom is -0.480 e. The summed E-state index contributed by atoms with van der Waals surface area (Å²) < 4.78 is 36.1. The molecule has 1 saturated carbocycles. The molecule has 0 aromatic heterocycles. The summed E-state index contributed by atoms with van der Waals surface area (Å²) in [6, 6.07) is 6.43. The van der Waals surface area contributed by atoms with Gasteiger partial charge in [-0.25, -0.2) is 12.8 Å². The molecule has 0 bridgehead atoms. The van der Waals surface area contributed by atoms with Crippen LogP contribution >= 0.6 is 0 Å². The van der Waals surface area contributed by atoms with E-state index in [-0.39, 0.29) is 0 Å². The Morgan fingerprint density at radius 3 is 2.26 bits per heavy atom. The third kappa shape index (κ3) is 1.88. The minimum atomic E-state index is -3.70. The third-order valence-corrected chi connectivity index (χ3v) is 4.93. The molecule has 0 heterocycles. The summed E-state index contributed by atoms with van der Waals surface area (Å²) in [6.45, 7) is 0. The Morgan fingerprint density at radius 2 is 1.95 bits per heavy atom. The number of aliphatic carboxylic acids is 1. The number of benzene rings is 1. The van der Waals surface area contributed by atoms with Crippen molar-refractivity contribution < 1.29 is 22.7 Å². The van der Waals surface area contributed by atoms with E-state index in [1.807, 2.05) is 0 Å². The number of hydrogen-bond acceptors (Lipinski definition) is 4. The van der Waals surface area contributed by atoms with Gasteiger partial charge in [0, 0.05) is 12.2 Å². The van der Waals surface area contributed by atoms with Gasteiger partial charge in [0.2, 0.25) is 0 Å². The number of rotatable bonds is 3. The van der Waals surface area contributed by atoms with Gasteiger partial charge in [-0.05, 0) is 17.7 Å². The molecule has 7 heteroatoms. The van der Waals surface area contributed by atoms with E-state index in [4.69, 9.17) is 10.4 Å². The van der Waals surface area contributed by atoms with E-state index < -0.39 is 38.2 Å². The molecular formula is C12H10FNO4S. The second kappa shape index (κ2) is 4.03. The number of carboxylic acid groups (broad SMARTS) is 1. The van der Waals surface area contributed by atoms with Crippen molar-refractivity contribution in [3.05, 3.63) is 35.6 Å². The summed E-state index contributed by atoms with van der Waals surface area (Å²) >= 11 is 0. The number of carboxylic acids is 1. The maximum Gasteiger partial charge on any atom is 0.326 e. The summed E-state index contributed by atoms with van der Waals surface area (Å²) in [5.41, 5.74) is -1.65. The highest BCUT2D eigenvalue weighted by Gasteiger charge is 2.76. The van der Waals surface area contributed by atoms with Gasteiger partial charge in [-0.1, -0.05) is 12.1 Å². The SMILES string of the molecule is CS(=O)(=O)[C@@H]1[C@H](c2ccc(F)cc2)[C@]1(C#N)C(=O)O. The minimum absolute atomic E-state index is 0.334. The highest BCUT2D eigenvalue weighted by Crippen LogP contribution is 2.62. The van der Waals surface area contributed by atoms with E-state index in [2.05, 4.69) is 0 Å². The van der Waals surface area contributed by atoms with Gasteiger partial charge in [0.25, 0.3) is 0 Å². The number of nitrogens with zero attached hydrogens (tertiary/aromatic N) is 1. The van der Waals surface area contributed by atoms with Gasteiger partial charge < -0.3 is 5.11 Å². The average molecular weight is 283 g/mol. The van der Waals surface area contributed by atoms with Crippen LogP contribution in [0.2, 0.25) is 0 Å². The van der Waals surface area contributed by atoms with Crippen LogP contribution in [0, 0.1) is 22.6 Å². The van der Waals surface area contributed by atoms with Crippen LogP contribution in [0.4, 0.5) is 4.39 Å². The molecule has 1 aromatic carbocycles. The first kappa shape index (κ1) is 13.5. The van der Waals surface area contributed by atoms with Crippen molar-refractivity contribution in [2.75, 3.05) is 6.26 Å². The Balaban J connectivity index is 2.54. The lowest BCUT2D eigenvalue weighted by molar-refractivity contribution is -0.141. The van der Waals surface area contributed by atoms with Gasteiger partial charge in [-0.2, -0.15) is 5.26 Å². The van der Waals surface area contributed by atoms with Crippen LogP contribution in [-0.2, 0) is 14.6 Å². The molecular weight excluding hydrogens is 273 g/mol. The summed E-state index contributed by atoms with van der Waals surface area (Å²) in [5, 5.41) is 16.9. The largest absolute Gasteiger partial charge is 0.480 e. The predicted molar refractivity (Wildman–Crippen MR) is 63.5 cm³/mol. The molecule has 0 saturated heterocycles. The molecule has 0 aliphatic heterocycles. The molecule has 5 nitrogen and oxygen atoms in total. The lowest BCUT2D eigenvalue weighted by Crippen LogP contribution is -2.21. The van der Waals surface area contributed by atoms with Crippen LogP contribution in [0.3, 0.4) is 0 Å². The van der Waals surface area contributed by atoms with E-state index in [9.17, 15) is 17.6 Å². The zero-order valence-corrected chi connectivity index (χ0v) is 10.7. The molecule has 1 fully saturated rings. The second-order valence-corrected chi connectivity index (χ2v) is 6.73. The molecule has 1 aliphatic rings. The van der Waals surface area contributed by atoms with E-state index in [1.165, 1.54) is 12.1 Å². The Labute approximate surface area is 109 Å². The topological polar surface area (TPSA) is 95.2 Å². The molecule has 1 aliphatic carbocycles. The summed E-state index contributed by atoms with van der Waals surface area (Å²) in [6.07, 6.45) is 0.899. The lowest BCUT2D eigenvalue weighted by Gasteiger charge is -2.01. The van der Waals surface area contributed by atoms with Crippen LogP contribution in [0.15, 0.2) is 24.3 Å². The van der Waals surface area contributed by atoms with E-state index >= 15 is 0 Å². The van der Waals surface area contributed by atoms with Crippen molar-refractivity contribution in [3.8, 4) is 6.07 Å². The van der Waals surface area contributed by atoms with E-state index in [0.29, 0.717) is 5.56 Å². The summed E-state index contributed by atoms with van der Waals surface area (Å²) in [5.74, 6) is -2.96. The Morgan fingerprint density at radius 1 is 1.42 bits per heavy atom. The Kier molecular flexibility index (Phi) is 2.86. The zero-order chi connectivity index (χ0) is 14.4. The maximum atomic E-state index is 12.8. The summed E-state index contributed by atoms with van der Waals surface area (Å²) in [7, 11) is -3.70. The molecule has 0 unspecified atom stereocenters. The van der Waals surface area contributed by atoms with Crippen molar-refractivity contribution in [2.24, 2.45) is 5.41 Å². The maximum absolute atomic E-state index is 12.8. The van der Waals surface area contributed by atoms with Crippen LogP contribution < -0.4 is 0 Å². The number of hydrogen-bond donors (Lipinski definition) is 1. The van der Waals surface area contributed by atoms with Crippen molar-refractivity contribution in [3.63, 3.8) is 0 Å². The quantitative estimate of drug-likeness (QED) is 0.890. The molecule has 0 radical (unpaired) electrons. The highest BCUT2D eigenvalue weighted by atomic mass is 32.2. The van der Waals surface area contributed by atoms with Gasteiger partial charge in [0.15, 0.2) is 15.3 Å². The van der Waals surface area contributed by atoms with Crippen molar-refractivity contribution >= 4 is 15.8 Å². The van der Waals surface area contributed by atoms with Crippen LogP contribution in [0.1, 0.15) is 11.5 Å². The zero-order valence-electron chi connectivity index (χ0n) is 9.87. The molecule has 3 atom stereocenters. The van der Waals surface area contributed by atoms with Crippen molar-refractivity contribution in [1.29, 1.82) is 5.26 Å². The number of halogens is 1. The lowest BCUT2D eigenvalue weighted by atomic mass is 10.0. The fourth-order valence-electron chi connectivity index (χ4n) is 2.48. The highest BCUT2D eigenvalue weighted by molar-refractivity contribution is 7.91. The molecule has 0 spiro atoms. The standard InChI is InChI=1S/C12H10FNO4S/c1-19(17,18)10-9(12(10,6-14)11(15)16)7-2-4-8(13)5-3-7/h2-5,9-10H,1H3,(H,15,16)/t9-,10+,12-/m0/s1. The van der Waals surface area contributed by atoms with E-state index in [1.54, 1.807) is 6.07 Å². The molecule has 100 valence electrons. The third-order valence-electron chi connectivity index (χ3n) is 3.36. The molecule has 1 N–H and O–H groups in total. The van der Waals surface area contributed by atoms with Crippen molar-refractivity contribution in [2.45, 2.75) is 11.2 Å². The first-order valence-electron chi connectivity index (χ1n) is 5.34. The monoisotopic (exact) mass is 283 g/mol. The molecule has 0 amide bonds. The molecule has 19 heavy (non-hydrogen) atoms. The fraction of sp³-hybridized carbons (Fsp3) is 0.333. The van der Waals surface area contributed by atoms with E-state index in [0.717, 1.165) is 18.4 Å². The smallest absolute Gasteiger partial charge is 0.326 e. The van der Waals surface area contributed by atoms with Crippen molar-refractivity contribution in [1.82, 2.24) is 0 Å². The average Bonchev–Trinajstić information content (AvgIpc) is 3.00. The number of nitriles is 1. The number of carbonyl (C=O) groups is 1. The number of sulfone groups is 1. The second-order valence-electron chi connectivity index (χ2n) is 4.57. The van der Waals surface area contributed by atoms with Crippen LogP contribution in [0.5, 0.6) is 0 Å². The predicted octanol–water partition coefficient (Wildman–Crippen LogP) is 0.931. The first-order valence-corrected chi connectivity index (χ1v) is 7.29.